The number of sulfone groups is 1. The van der Waals surface area contributed by atoms with E-state index in [1.807, 2.05) is 0 Å². The maximum atomic E-state index is 11.8. The van der Waals surface area contributed by atoms with Crippen molar-refractivity contribution in [1.82, 2.24) is 0 Å². The molecule has 0 unspecified atom stereocenters. The first-order chi connectivity index (χ1) is 8.44. The molecule has 1 aliphatic heterocycles. The van der Waals surface area contributed by atoms with Crippen LogP contribution in [0, 0.1) is 11.8 Å². The Morgan fingerprint density at radius 1 is 1.28 bits per heavy atom. The van der Waals surface area contributed by atoms with Gasteiger partial charge in [-0.1, -0.05) is 19.8 Å². The monoisotopic (exact) mass is 274 g/mol. The van der Waals surface area contributed by atoms with Crippen molar-refractivity contribution in [3.05, 3.63) is 0 Å². The Morgan fingerprint density at radius 3 is 2.67 bits per heavy atom. The zero-order chi connectivity index (χ0) is 13.2. The van der Waals surface area contributed by atoms with E-state index in [2.05, 4.69) is 6.92 Å². The third kappa shape index (κ3) is 3.97. The summed E-state index contributed by atoms with van der Waals surface area (Å²) in [6.07, 6.45) is 5.17. The number of rotatable bonds is 3. The van der Waals surface area contributed by atoms with Gasteiger partial charge in [0, 0.05) is 6.42 Å². The average Bonchev–Trinajstić information content (AvgIpc) is 2.57. The molecule has 0 aromatic rings. The third-order valence-corrected chi connectivity index (χ3v) is 5.73. The Kier molecular flexibility index (Phi) is 4.30. The molecule has 1 saturated carbocycles. The van der Waals surface area contributed by atoms with Crippen LogP contribution in [0.25, 0.3) is 0 Å². The predicted molar refractivity (Wildman–Crippen MR) is 68.9 cm³/mol. The zero-order valence-electron chi connectivity index (χ0n) is 10.9. The molecule has 2 fully saturated rings. The van der Waals surface area contributed by atoms with E-state index in [1.54, 1.807) is 0 Å². The quantitative estimate of drug-likeness (QED) is 0.738. The van der Waals surface area contributed by atoms with Crippen LogP contribution in [0.4, 0.5) is 0 Å². The van der Waals surface area contributed by atoms with Crippen LogP contribution in [0.5, 0.6) is 0 Å². The summed E-state index contributed by atoms with van der Waals surface area (Å²) in [5.74, 6) is 1.09. The summed E-state index contributed by atoms with van der Waals surface area (Å²) in [6, 6.07) is 0. The molecule has 2 rings (SSSR count). The number of carbonyl (C=O) groups excluding carboxylic acids is 1. The minimum atomic E-state index is -2.96. The molecular formula is C13H22O4S. The second-order valence-corrected chi connectivity index (χ2v) is 8.09. The standard InChI is InChI=1S/C13H22O4S/c1-10-3-2-4-11(7-10)8-13(14)17-12-5-6-18(15,16)9-12/h10-12H,2-9H2,1H3/t10-,11-,12-/m1/s1. The number of esters is 1. The number of carbonyl (C=O) groups is 1. The van der Waals surface area contributed by atoms with Crippen LogP contribution in [0.15, 0.2) is 0 Å². The highest BCUT2D eigenvalue weighted by Crippen LogP contribution is 2.31. The van der Waals surface area contributed by atoms with Crippen molar-refractivity contribution in [2.75, 3.05) is 11.5 Å². The summed E-state index contributed by atoms with van der Waals surface area (Å²) in [5.41, 5.74) is 0. The summed E-state index contributed by atoms with van der Waals surface area (Å²) >= 11 is 0. The molecule has 5 heteroatoms. The fourth-order valence-electron chi connectivity index (χ4n) is 3.07. The van der Waals surface area contributed by atoms with Gasteiger partial charge in [0.05, 0.1) is 11.5 Å². The molecule has 0 amide bonds. The van der Waals surface area contributed by atoms with E-state index in [1.165, 1.54) is 12.8 Å². The highest BCUT2D eigenvalue weighted by Gasteiger charge is 2.31. The Morgan fingerprint density at radius 2 is 2.06 bits per heavy atom. The van der Waals surface area contributed by atoms with Crippen molar-refractivity contribution in [3.8, 4) is 0 Å². The maximum Gasteiger partial charge on any atom is 0.306 e. The lowest BCUT2D eigenvalue weighted by molar-refractivity contribution is -0.149. The van der Waals surface area contributed by atoms with Gasteiger partial charge in [-0.3, -0.25) is 4.79 Å². The topological polar surface area (TPSA) is 60.4 Å². The molecule has 3 atom stereocenters. The molecule has 0 radical (unpaired) electrons. The molecule has 2 aliphatic rings. The average molecular weight is 274 g/mol. The van der Waals surface area contributed by atoms with Gasteiger partial charge in [0.1, 0.15) is 6.10 Å². The molecule has 0 aromatic carbocycles. The summed E-state index contributed by atoms with van der Waals surface area (Å²) in [5, 5.41) is 0. The number of hydrogen-bond acceptors (Lipinski definition) is 4. The minimum absolute atomic E-state index is 0.0137. The van der Waals surface area contributed by atoms with E-state index in [4.69, 9.17) is 4.74 Å². The molecule has 0 N–H and O–H groups in total. The van der Waals surface area contributed by atoms with Crippen LogP contribution in [-0.4, -0.2) is 32.0 Å². The zero-order valence-corrected chi connectivity index (χ0v) is 11.7. The van der Waals surface area contributed by atoms with Crippen LogP contribution in [0.3, 0.4) is 0 Å². The fraction of sp³-hybridized carbons (Fsp3) is 0.923. The summed E-state index contributed by atoms with van der Waals surface area (Å²) < 4.78 is 27.8. The van der Waals surface area contributed by atoms with Crippen LogP contribution in [0.2, 0.25) is 0 Å². The van der Waals surface area contributed by atoms with Crippen LogP contribution >= 0.6 is 0 Å². The van der Waals surface area contributed by atoms with E-state index in [-0.39, 0.29) is 17.5 Å². The molecule has 0 bridgehead atoms. The molecule has 104 valence electrons. The van der Waals surface area contributed by atoms with Gasteiger partial charge in [-0.25, -0.2) is 8.42 Å². The highest BCUT2D eigenvalue weighted by molar-refractivity contribution is 7.91. The van der Waals surface area contributed by atoms with Crippen molar-refractivity contribution >= 4 is 15.8 Å². The van der Waals surface area contributed by atoms with Gasteiger partial charge >= 0.3 is 5.97 Å². The second kappa shape index (κ2) is 5.59. The Balaban J connectivity index is 1.75. The highest BCUT2D eigenvalue weighted by atomic mass is 32.2. The van der Waals surface area contributed by atoms with E-state index in [9.17, 15) is 13.2 Å². The first-order valence-corrected chi connectivity index (χ1v) is 8.66. The van der Waals surface area contributed by atoms with Gasteiger partial charge in [-0.05, 0) is 31.1 Å². The van der Waals surface area contributed by atoms with Crippen molar-refractivity contribution in [1.29, 1.82) is 0 Å². The number of hydrogen-bond donors (Lipinski definition) is 0. The van der Waals surface area contributed by atoms with Crippen molar-refractivity contribution in [2.45, 2.75) is 51.6 Å². The Hall–Kier alpha value is -0.580. The molecule has 4 nitrogen and oxygen atoms in total. The van der Waals surface area contributed by atoms with E-state index in [0.29, 0.717) is 24.7 Å². The first-order valence-electron chi connectivity index (χ1n) is 6.84. The molecule has 1 saturated heterocycles. The smallest absolute Gasteiger partial charge is 0.306 e. The fourth-order valence-corrected chi connectivity index (χ4v) is 4.66. The largest absolute Gasteiger partial charge is 0.461 e. The normalized spacial score (nSPS) is 35.3. The van der Waals surface area contributed by atoms with E-state index in [0.717, 1.165) is 12.8 Å². The SMILES string of the molecule is C[C@@H]1CCC[C@@H](CC(=O)O[C@@H]2CCS(=O)(=O)C2)C1. The van der Waals surface area contributed by atoms with Gasteiger partial charge in [0.2, 0.25) is 0 Å². The summed E-state index contributed by atoms with van der Waals surface area (Å²) in [6.45, 7) is 2.22. The molecule has 18 heavy (non-hydrogen) atoms. The second-order valence-electron chi connectivity index (χ2n) is 5.86. The van der Waals surface area contributed by atoms with Crippen molar-refractivity contribution in [3.63, 3.8) is 0 Å². The summed E-state index contributed by atoms with van der Waals surface area (Å²) in [7, 11) is -2.96. The molecule has 0 spiro atoms. The van der Waals surface area contributed by atoms with E-state index >= 15 is 0 Å². The van der Waals surface area contributed by atoms with Gasteiger partial charge in [0.25, 0.3) is 0 Å². The first kappa shape index (κ1) is 13.8. The maximum absolute atomic E-state index is 11.8. The molecule has 1 heterocycles. The summed E-state index contributed by atoms with van der Waals surface area (Å²) in [4.78, 5) is 11.8. The van der Waals surface area contributed by atoms with E-state index < -0.39 is 15.9 Å². The van der Waals surface area contributed by atoms with Crippen LogP contribution in [0.1, 0.15) is 45.4 Å². The molecular weight excluding hydrogens is 252 g/mol. The molecule has 1 aliphatic carbocycles. The van der Waals surface area contributed by atoms with Crippen LogP contribution in [-0.2, 0) is 19.4 Å². The minimum Gasteiger partial charge on any atom is -0.461 e. The number of ether oxygens (including phenoxy) is 1. The van der Waals surface area contributed by atoms with Crippen molar-refractivity contribution < 1.29 is 17.9 Å². The van der Waals surface area contributed by atoms with Gasteiger partial charge in [-0.2, -0.15) is 0 Å². The van der Waals surface area contributed by atoms with Gasteiger partial charge < -0.3 is 4.74 Å². The van der Waals surface area contributed by atoms with Gasteiger partial charge in [-0.15, -0.1) is 0 Å². The van der Waals surface area contributed by atoms with Crippen LogP contribution < -0.4 is 0 Å². The Labute approximate surface area is 109 Å². The Bertz CT molecular complexity index is 401. The lowest BCUT2D eigenvalue weighted by atomic mass is 9.81. The van der Waals surface area contributed by atoms with Gasteiger partial charge in [0.15, 0.2) is 9.84 Å². The molecule has 0 aromatic heterocycles. The predicted octanol–water partition coefficient (Wildman–Crippen LogP) is 1.93. The third-order valence-electron chi connectivity index (χ3n) is 3.99. The lowest BCUT2D eigenvalue weighted by Crippen LogP contribution is -2.23. The van der Waals surface area contributed by atoms with Crippen molar-refractivity contribution in [2.24, 2.45) is 11.8 Å². The lowest BCUT2D eigenvalue weighted by Gasteiger charge is -2.26.